The number of thiazole rings is 3. The fourth-order valence-corrected chi connectivity index (χ4v) is 22.7. The third-order valence-corrected chi connectivity index (χ3v) is 29.6. The molecule has 15 unspecified atom stereocenters. The summed E-state index contributed by atoms with van der Waals surface area (Å²) < 4.78 is 117. The minimum Gasteiger partial charge on any atom is -0.396 e. The summed E-state index contributed by atoms with van der Waals surface area (Å²) in [7, 11) is 0. The van der Waals surface area contributed by atoms with Gasteiger partial charge in [-0.05, 0) is 143 Å². The number of hydrogen-bond acceptors (Lipinski definition) is 31. The molecule has 7 aliphatic carbocycles. The SMILES string of the molecule is Cc1nc(NC(C)c2c(F)c(F)c(F)c(F)c2F)nc(NC2CC(CO)C(OCc3nccc4sc(-c5c(C)nc(NC6(C7CC7)CC6)nc5NC5CC6C(O)C67OC(c6ccc(-c8nccc9sc(-c%10c(C)nc(NCCOCC%11CC%11)nc%10NC%10%11CCC(C(C)(C)O)C%10OC(c%10ccccc%10)O%11)nc89)cc6)OC57)nc34)C2O)c1-c1nc2c(C)nccc2s1. The minimum atomic E-state index is -2.29. The molecule has 0 bridgehead atoms. The highest BCUT2D eigenvalue weighted by Crippen LogP contribution is 2.66. The molecule has 2 saturated heterocycles. The Kier molecular flexibility index (Phi) is 20.7. The van der Waals surface area contributed by atoms with Gasteiger partial charge in [0.1, 0.15) is 72.9 Å². The lowest BCUT2D eigenvalue weighted by Gasteiger charge is -2.34. The number of halogens is 5. The first-order valence-corrected chi connectivity index (χ1v) is 45.0. The molecule has 15 atom stereocenters. The van der Waals surface area contributed by atoms with Gasteiger partial charge in [0.2, 0.25) is 23.7 Å². The average Bonchev–Trinajstić information content (AvgIpc) is 1.49. The Morgan fingerprint density at radius 1 is 0.592 bits per heavy atom. The van der Waals surface area contributed by atoms with Crippen molar-refractivity contribution in [2.45, 2.75) is 203 Å². The van der Waals surface area contributed by atoms with Crippen molar-refractivity contribution in [1.82, 2.24) is 59.8 Å². The number of hydrogen-bond donors (Lipinski definition) is 10. The van der Waals surface area contributed by atoms with Crippen molar-refractivity contribution < 1.29 is 70.8 Å². The topological polar surface area (TPSA) is 363 Å². The zero-order chi connectivity index (χ0) is 86.0. The van der Waals surface area contributed by atoms with Crippen molar-refractivity contribution in [3.05, 3.63) is 166 Å². The third kappa shape index (κ3) is 14.7. The van der Waals surface area contributed by atoms with Crippen LogP contribution < -0.4 is 31.9 Å². The summed E-state index contributed by atoms with van der Waals surface area (Å²) in [5, 5.41) is 69.4. The third-order valence-electron chi connectivity index (χ3n) is 26.5. The van der Waals surface area contributed by atoms with E-state index in [4.69, 9.17) is 78.3 Å². The predicted molar refractivity (Wildman–Crippen MR) is 459 cm³/mol. The molecule has 9 fully saturated rings. The van der Waals surface area contributed by atoms with Crippen LogP contribution >= 0.6 is 34.0 Å². The maximum atomic E-state index is 15.2. The molecule has 0 radical (unpaired) electrons. The Morgan fingerprint density at radius 3 is 1.86 bits per heavy atom. The molecule has 3 aromatic carbocycles. The number of aliphatic hydroxyl groups is 4. The van der Waals surface area contributed by atoms with Crippen molar-refractivity contribution in [2.24, 2.45) is 29.6 Å². The van der Waals surface area contributed by atoms with Crippen LogP contribution in [-0.4, -0.2) is 172 Å². The van der Waals surface area contributed by atoms with E-state index in [0.717, 1.165) is 63.1 Å². The molecule has 28 nitrogen and oxygen atoms in total. The van der Waals surface area contributed by atoms with Crippen LogP contribution in [0.2, 0.25) is 0 Å². The fraction of sp³-hybridized carbons (Fsp3) is 0.461. The van der Waals surface area contributed by atoms with Gasteiger partial charge >= 0.3 is 0 Å². The van der Waals surface area contributed by atoms with E-state index in [1.54, 1.807) is 25.5 Å². The summed E-state index contributed by atoms with van der Waals surface area (Å²) in [4.78, 5) is 59.6. The van der Waals surface area contributed by atoms with Gasteiger partial charge in [-0.25, -0.2) is 51.9 Å². The Balaban J connectivity index is 0.538. The molecule has 10 N–H and O–H groups in total. The van der Waals surface area contributed by atoms with Gasteiger partial charge in [0, 0.05) is 78.3 Å². The largest absolute Gasteiger partial charge is 0.396 e. The lowest BCUT2D eigenvalue weighted by molar-refractivity contribution is -0.109. The van der Waals surface area contributed by atoms with Gasteiger partial charge in [0.05, 0.1) is 120 Å². The summed E-state index contributed by atoms with van der Waals surface area (Å²) >= 11 is 4.25. The summed E-state index contributed by atoms with van der Waals surface area (Å²) in [6.45, 7) is 13.4. The zero-order valence-electron chi connectivity index (χ0n) is 69.1. The number of aliphatic hydroxyl groups excluding tert-OH is 3. The standard InChI is InChI=1S/C89H91F5N18O10S3/c1-38(57-61(90)63(92)65(94)64(93)62(57)91)100-84-101-39(2)58(78-105-66-42(5)95-28-22-54(66)123-78)75(108-84)103-51-33-47(35-113)71(70(51)114)118-37-53-68-55(23-29-96-53)124-79(106-68)59-40(3)102-85(112-87(26-27-87)48-19-20-48)109-76(59)104-52-34-50-72(115)89(50)74(52)120-82(122-89)46-17-15-44(16-18-46)67-69-56(24-30-97-67)125-80(107-69)60-41(4)99-83(98-31-32-117-36-43-13-14-43)110-77(60)111-88-25-21-49(86(6,7)116)73(88)119-81(121-88)45-11-9-8-10-12-45/h8-12,15-18,22-24,28-30,38,43,47-52,70-74,81-82,113-116H,13-14,19-21,25-27,31-37H2,1-7H3,(H2,98,99,110,111)(H2,100,101,103,108)(H2,102,104,109,112). The number of fused-ring (bicyclic) bond motifs is 4. The quantitative estimate of drug-likeness (QED) is 0.00901. The smallest absolute Gasteiger partial charge is 0.225 e. The summed E-state index contributed by atoms with van der Waals surface area (Å²) in [6, 6.07) is 20.6. The number of benzene rings is 3. The van der Waals surface area contributed by atoms with Gasteiger partial charge in [-0.3, -0.25) is 15.0 Å². The van der Waals surface area contributed by atoms with E-state index in [9.17, 15) is 33.6 Å². The molecule has 1 spiro atoms. The molecule has 0 amide bonds. The lowest BCUT2D eigenvalue weighted by atomic mass is 9.87. The number of aryl methyl sites for hydroxylation is 4. The van der Waals surface area contributed by atoms with Crippen molar-refractivity contribution in [1.29, 1.82) is 0 Å². The molecular weight excluding hydrogens is 1670 g/mol. The number of rotatable bonds is 29. The van der Waals surface area contributed by atoms with Crippen LogP contribution in [0.25, 0.3) is 73.6 Å². The number of anilines is 6. The fourth-order valence-electron chi connectivity index (χ4n) is 19.4. The van der Waals surface area contributed by atoms with E-state index in [1.165, 1.54) is 53.8 Å². The zero-order valence-corrected chi connectivity index (χ0v) is 71.6. The normalized spacial score (nSPS) is 26.7. The molecule has 21 rings (SSSR count). The second-order valence-electron chi connectivity index (χ2n) is 35.3. The molecule has 36 heteroatoms. The first-order chi connectivity index (χ1) is 60.3. The highest BCUT2D eigenvalue weighted by molar-refractivity contribution is 7.22. The second kappa shape index (κ2) is 31.5. The average molecular weight is 1760 g/mol. The highest BCUT2D eigenvalue weighted by Gasteiger charge is 2.80. The van der Waals surface area contributed by atoms with Gasteiger partial charge in [-0.1, -0.05) is 54.6 Å². The number of nitrogens with one attached hydrogen (secondary N) is 6. The van der Waals surface area contributed by atoms with Crippen LogP contribution in [0, 0.1) is 86.4 Å². The highest BCUT2D eigenvalue weighted by atomic mass is 32.1. The van der Waals surface area contributed by atoms with Crippen LogP contribution in [0.5, 0.6) is 0 Å². The van der Waals surface area contributed by atoms with Crippen LogP contribution in [0.15, 0.2) is 91.4 Å². The Bertz CT molecular complexity index is 6200. The van der Waals surface area contributed by atoms with E-state index in [1.807, 2.05) is 107 Å². The summed E-state index contributed by atoms with van der Waals surface area (Å²) in [6.07, 6.45) is 7.84. The van der Waals surface area contributed by atoms with E-state index in [-0.39, 0.29) is 42.2 Å². The van der Waals surface area contributed by atoms with Gasteiger partial charge < -0.3 is 80.7 Å². The maximum Gasteiger partial charge on any atom is 0.225 e. The second-order valence-corrected chi connectivity index (χ2v) is 38.4. The van der Waals surface area contributed by atoms with Crippen molar-refractivity contribution in [2.75, 3.05) is 58.3 Å². The van der Waals surface area contributed by atoms with Crippen LogP contribution in [-0.2, 0) is 35.0 Å². The number of aromatic nitrogens is 12. The van der Waals surface area contributed by atoms with E-state index >= 15 is 8.78 Å². The Labute approximate surface area is 725 Å². The Morgan fingerprint density at radius 2 is 1.18 bits per heavy atom. The molecular formula is C89H91F5N18O10S3. The van der Waals surface area contributed by atoms with Gasteiger partial charge in [-0.2, -0.15) is 15.0 Å². The van der Waals surface area contributed by atoms with Crippen LogP contribution in [0.3, 0.4) is 0 Å². The van der Waals surface area contributed by atoms with Crippen LogP contribution in [0.4, 0.5) is 57.3 Å². The molecule has 12 aromatic rings. The number of nitrogens with zero attached hydrogens (tertiary/aromatic N) is 12. The molecule has 7 saturated carbocycles. The van der Waals surface area contributed by atoms with E-state index in [0.29, 0.717) is 150 Å². The van der Waals surface area contributed by atoms with Crippen molar-refractivity contribution in [3.63, 3.8) is 0 Å². The maximum absolute atomic E-state index is 15.2. The number of ether oxygens (including phenoxy) is 6. The lowest BCUT2D eigenvalue weighted by Crippen LogP contribution is -2.49. The van der Waals surface area contributed by atoms with Gasteiger partial charge in [0.15, 0.2) is 41.6 Å². The predicted octanol–water partition coefficient (Wildman–Crippen LogP) is 15.2. The van der Waals surface area contributed by atoms with E-state index < -0.39 is 125 Å². The Hall–Kier alpha value is -9.93. The first-order valence-electron chi connectivity index (χ1n) is 42.5. The van der Waals surface area contributed by atoms with Crippen molar-refractivity contribution >= 4 is 100.0 Å². The monoisotopic (exact) mass is 1760 g/mol. The summed E-state index contributed by atoms with van der Waals surface area (Å²) in [5.74, 6) is -8.72. The first kappa shape index (κ1) is 82.1. The van der Waals surface area contributed by atoms with Gasteiger partial charge in [0.25, 0.3) is 0 Å². The van der Waals surface area contributed by atoms with Gasteiger partial charge in [-0.15, -0.1) is 34.0 Å². The summed E-state index contributed by atoms with van der Waals surface area (Å²) in [5.41, 5.74) is 5.01. The molecule has 2 aliphatic heterocycles. The molecule has 11 heterocycles. The molecule has 9 aliphatic rings. The molecule has 650 valence electrons. The number of pyridine rings is 3. The molecule has 125 heavy (non-hydrogen) atoms. The molecule has 9 aromatic heterocycles. The van der Waals surface area contributed by atoms with Crippen molar-refractivity contribution in [3.8, 4) is 43.0 Å². The van der Waals surface area contributed by atoms with E-state index in [2.05, 4.69) is 41.9 Å². The minimum absolute atomic E-state index is 0.0803. The van der Waals surface area contributed by atoms with Crippen LogP contribution in [0.1, 0.15) is 149 Å².